The molecular weight excluding hydrogens is 354 g/mol. The Bertz CT molecular complexity index is 933. The van der Waals surface area contributed by atoms with E-state index in [2.05, 4.69) is 53.7 Å². The van der Waals surface area contributed by atoms with E-state index >= 15 is 0 Å². The Labute approximate surface area is 174 Å². The fourth-order valence-corrected chi connectivity index (χ4v) is 4.89. The number of nitrogens with zero attached hydrogens (tertiary/aromatic N) is 2. The van der Waals surface area contributed by atoms with Crippen molar-refractivity contribution in [2.24, 2.45) is 5.92 Å². The zero-order valence-corrected chi connectivity index (χ0v) is 17.0. The van der Waals surface area contributed by atoms with Crippen molar-refractivity contribution >= 4 is 17.1 Å². The second-order valence-electron chi connectivity index (χ2n) is 8.27. The number of nitriles is 1. The van der Waals surface area contributed by atoms with Crippen LogP contribution in [0.15, 0.2) is 61.7 Å². The summed E-state index contributed by atoms with van der Waals surface area (Å²) in [6.07, 6.45) is 8.06. The van der Waals surface area contributed by atoms with Crippen LogP contribution in [-0.2, 0) is 0 Å². The normalized spacial score (nSPS) is 21.0. The van der Waals surface area contributed by atoms with Gasteiger partial charge in [-0.25, -0.2) is 0 Å². The molecule has 29 heavy (non-hydrogen) atoms. The number of nitrogens with one attached hydrogen (secondary N) is 1. The van der Waals surface area contributed by atoms with Crippen LogP contribution in [-0.4, -0.2) is 17.5 Å². The average Bonchev–Trinajstić information content (AvgIpc) is 2.78. The lowest BCUT2D eigenvalue weighted by Crippen LogP contribution is -2.45. The van der Waals surface area contributed by atoms with E-state index in [0.717, 1.165) is 35.1 Å². The Morgan fingerprint density at radius 2 is 1.72 bits per heavy atom. The molecule has 2 atom stereocenters. The third kappa shape index (κ3) is 4.22. The van der Waals surface area contributed by atoms with Crippen molar-refractivity contribution in [3.63, 3.8) is 0 Å². The molecule has 2 fully saturated rings. The van der Waals surface area contributed by atoms with Gasteiger partial charge in [0, 0.05) is 29.7 Å². The Hall–Kier alpha value is -2.99. The number of hydrogen-bond donors (Lipinski definition) is 1. The van der Waals surface area contributed by atoms with E-state index in [1.54, 1.807) is 0 Å². The standard InChI is InChI=1S/C26H29N3/c1-19(22-14-12-21(18-27)13-15-22)28-25-10-5-8-24(17-25)20(2)29-16-6-9-23-7-3-4-11-26(23)29/h5,8,10,12-15,17,23,26,28H,1-4,6-7,9,11,16H2. The van der Waals surface area contributed by atoms with Crippen LogP contribution in [0.25, 0.3) is 11.4 Å². The third-order valence-electron chi connectivity index (χ3n) is 6.44. The highest BCUT2D eigenvalue weighted by atomic mass is 15.2. The first-order valence-electron chi connectivity index (χ1n) is 10.7. The fraction of sp³-hybridized carbons (Fsp3) is 0.346. The summed E-state index contributed by atoms with van der Waals surface area (Å²) in [5.74, 6) is 0.840. The molecule has 0 amide bonds. The molecule has 0 aromatic heterocycles. The van der Waals surface area contributed by atoms with Gasteiger partial charge in [-0.1, -0.05) is 50.3 Å². The fourth-order valence-electron chi connectivity index (χ4n) is 4.89. The number of likely N-dealkylation sites (tertiary alicyclic amines) is 1. The first kappa shape index (κ1) is 19.3. The van der Waals surface area contributed by atoms with Gasteiger partial charge in [0.25, 0.3) is 0 Å². The Morgan fingerprint density at radius 1 is 0.966 bits per heavy atom. The number of fused-ring (bicyclic) bond motifs is 1. The van der Waals surface area contributed by atoms with E-state index in [0.29, 0.717) is 11.6 Å². The molecule has 148 valence electrons. The van der Waals surface area contributed by atoms with Crippen LogP contribution < -0.4 is 5.32 Å². The molecule has 2 aliphatic rings. The van der Waals surface area contributed by atoms with E-state index in [1.807, 2.05) is 24.3 Å². The number of anilines is 1. The lowest BCUT2D eigenvalue weighted by Gasteiger charge is -2.46. The molecule has 4 rings (SSSR count). The Kier molecular flexibility index (Phi) is 5.71. The van der Waals surface area contributed by atoms with Crippen LogP contribution in [0.2, 0.25) is 0 Å². The Balaban J connectivity index is 1.48. The van der Waals surface area contributed by atoms with Gasteiger partial charge < -0.3 is 10.2 Å². The minimum absolute atomic E-state index is 0.655. The summed E-state index contributed by atoms with van der Waals surface area (Å²) in [7, 11) is 0. The molecule has 1 aliphatic heterocycles. The summed E-state index contributed by atoms with van der Waals surface area (Å²) >= 11 is 0. The molecule has 1 aliphatic carbocycles. The predicted octanol–water partition coefficient (Wildman–Crippen LogP) is 6.27. The van der Waals surface area contributed by atoms with Gasteiger partial charge in [0.05, 0.1) is 11.6 Å². The van der Waals surface area contributed by atoms with Gasteiger partial charge >= 0.3 is 0 Å². The van der Waals surface area contributed by atoms with Gasteiger partial charge in [-0.05, 0) is 67.0 Å². The van der Waals surface area contributed by atoms with Gasteiger partial charge in [0.15, 0.2) is 0 Å². The number of rotatable bonds is 5. The molecule has 1 saturated heterocycles. The Morgan fingerprint density at radius 3 is 2.52 bits per heavy atom. The molecule has 2 aromatic rings. The molecule has 1 heterocycles. The summed E-state index contributed by atoms with van der Waals surface area (Å²) in [5.41, 5.74) is 5.79. The third-order valence-corrected chi connectivity index (χ3v) is 6.44. The zero-order valence-electron chi connectivity index (χ0n) is 17.0. The highest BCUT2D eigenvalue weighted by Gasteiger charge is 2.33. The zero-order chi connectivity index (χ0) is 20.2. The number of hydrogen-bond acceptors (Lipinski definition) is 3. The van der Waals surface area contributed by atoms with Crippen molar-refractivity contribution in [2.45, 2.75) is 44.6 Å². The lowest BCUT2D eigenvalue weighted by molar-refractivity contribution is 0.111. The quantitative estimate of drug-likeness (QED) is 0.662. The van der Waals surface area contributed by atoms with Crippen molar-refractivity contribution in [2.75, 3.05) is 11.9 Å². The predicted molar refractivity (Wildman–Crippen MR) is 121 cm³/mol. The SMILES string of the molecule is C=C(Nc1cccc(C(=C)N2CCCC3CCCCC32)c1)c1ccc(C#N)cc1. The van der Waals surface area contributed by atoms with Crippen LogP contribution in [0, 0.1) is 17.2 Å². The van der Waals surface area contributed by atoms with Gasteiger partial charge in [-0.15, -0.1) is 0 Å². The van der Waals surface area contributed by atoms with Crippen molar-refractivity contribution in [3.05, 3.63) is 78.4 Å². The molecule has 3 nitrogen and oxygen atoms in total. The summed E-state index contributed by atoms with van der Waals surface area (Å²) in [6, 6.07) is 18.8. The topological polar surface area (TPSA) is 39.1 Å². The van der Waals surface area contributed by atoms with Gasteiger partial charge in [0.2, 0.25) is 0 Å². The smallest absolute Gasteiger partial charge is 0.0991 e. The second kappa shape index (κ2) is 8.57. The highest BCUT2D eigenvalue weighted by Crippen LogP contribution is 2.39. The van der Waals surface area contributed by atoms with Gasteiger partial charge in [-0.2, -0.15) is 5.26 Å². The highest BCUT2D eigenvalue weighted by molar-refractivity contribution is 5.77. The summed E-state index contributed by atoms with van der Waals surface area (Å²) < 4.78 is 0. The minimum Gasteiger partial charge on any atom is -0.368 e. The van der Waals surface area contributed by atoms with E-state index in [9.17, 15) is 0 Å². The maximum Gasteiger partial charge on any atom is 0.0991 e. The van der Waals surface area contributed by atoms with Crippen molar-refractivity contribution < 1.29 is 0 Å². The lowest BCUT2D eigenvalue weighted by atomic mass is 9.78. The molecule has 1 N–H and O–H groups in total. The van der Waals surface area contributed by atoms with Crippen molar-refractivity contribution in [3.8, 4) is 6.07 Å². The van der Waals surface area contributed by atoms with E-state index in [1.165, 1.54) is 44.1 Å². The summed E-state index contributed by atoms with van der Waals surface area (Å²) in [4.78, 5) is 2.57. The second-order valence-corrected chi connectivity index (χ2v) is 8.27. The monoisotopic (exact) mass is 383 g/mol. The van der Waals surface area contributed by atoms with Crippen LogP contribution >= 0.6 is 0 Å². The van der Waals surface area contributed by atoms with E-state index < -0.39 is 0 Å². The largest absolute Gasteiger partial charge is 0.368 e. The van der Waals surface area contributed by atoms with E-state index in [-0.39, 0.29) is 0 Å². The summed E-state index contributed by atoms with van der Waals surface area (Å²) in [6.45, 7) is 9.77. The molecule has 0 bridgehead atoms. The maximum atomic E-state index is 8.96. The first-order chi connectivity index (χ1) is 14.2. The van der Waals surface area contributed by atoms with Crippen LogP contribution in [0.3, 0.4) is 0 Å². The molecule has 2 aromatic carbocycles. The summed E-state index contributed by atoms with van der Waals surface area (Å²) in [5, 5.41) is 12.4. The van der Waals surface area contributed by atoms with Gasteiger partial charge in [-0.3, -0.25) is 0 Å². The van der Waals surface area contributed by atoms with Crippen molar-refractivity contribution in [1.29, 1.82) is 5.26 Å². The average molecular weight is 384 g/mol. The minimum atomic E-state index is 0.655. The molecule has 2 unspecified atom stereocenters. The van der Waals surface area contributed by atoms with Gasteiger partial charge in [0.1, 0.15) is 0 Å². The molecule has 0 radical (unpaired) electrons. The van der Waals surface area contributed by atoms with E-state index in [4.69, 9.17) is 5.26 Å². The van der Waals surface area contributed by atoms with Crippen LogP contribution in [0.1, 0.15) is 55.2 Å². The molecule has 1 saturated carbocycles. The number of benzene rings is 2. The van der Waals surface area contributed by atoms with Crippen LogP contribution in [0.4, 0.5) is 5.69 Å². The molecule has 0 spiro atoms. The molecular formula is C26H29N3. The van der Waals surface area contributed by atoms with Crippen molar-refractivity contribution in [1.82, 2.24) is 4.90 Å². The first-order valence-corrected chi connectivity index (χ1v) is 10.7. The number of piperidine rings is 1. The maximum absolute atomic E-state index is 8.96. The van der Waals surface area contributed by atoms with Crippen LogP contribution in [0.5, 0.6) is 0 Å². The molecule has 3 heteroatoms.